The van der Waals surface area contributed by atoms with Crippen molar-refractivity contribution in [2.45, 2.75) is 25.6 Å². The molecule has 0 radical (unpaired) electrons. The summed E-state index contributed by atoms with van der Waals surface area (Å²) >= 11 is 0. The highest BCUT2D eigenvalue weighted by Crippen LogP contribution is 2.26. The van der Waals surface area contributed by atoms with Crippen LogP contribution in [0, 0.1) is 10.1 Å². The highest BCUT2D eigenvalue weighted by molar-refractivity contribution is 5.82. The Morgan fingerprint density at radius 1 is 1.24 bits per heavy atom. The summed E-state index contributed by atoms with van der Waals surface area (Å²) in [5.41, 5.74) is 2.95. The average Bonchev–Trinajstić information content (AvgIpc) is 3.21. The minimum Gasteiger partial charge on any atom is -0.358 e. The summed E-state index contributed by atoms with van der Waals surface area (Å²) in [6, 6.07) is 13.7. The summed E-state index contributed by atoms with van der Waals surface area (Å²) in [6.07, 6.45) is 0.610. The second-order valence-corrected chi connectivity index (χ2v) is 6.82. The van der Waals surface area contributed by atoms with Crippen molar-refractivity contribution in [1.29, 1.82) is 0 Å². The number of non-ortho nitro benzene ring substituents is 1. The first kappa shape index (κ1) is 18.8. The molecular formula is C20H19N5O4. The molecule has 1 atom stereocenters. The lowest BCUT2D eigenvalue weighted by atomic mass is 9.93. The molecule has 2 aromatic carbocycles. The van der Waals surface area contributed by atoms with Crippen molar-refractivity contribution in [3.8, 4) is 11.4 Å². The third-order valence-corrected chi connectivity index (χ3v) is 5.04. The number of nitro benzene ring substituents is 1. The molecule has 0 spiro atoms. The molecular weight excluding hydrogens is 374 g/mol. The Kier molecular flexibility index (Phi) is 5.05. The fourth-order valence-electron chi connectivity index (χ4n) is 3.51. The van der Waals surface area contributed by atoms with Gasteiger partial charge in [0.25, 0.3) is 5.69 Å². The number of hydrogen-bond donors (Lipinski definition) is 1. The highest BCUT2D eigenvalue weighted by Gasteiger charge is 2.32. The number of aromatic nitrogens is 2. The quantitative estimate of drug-likeness (QED) is 0.522. The van der Waals surface area contributed by atoms with Crippen molar-refractivity contribution < 1.29 is 14.2 Å². The maximum atomic E-state index is 12.4. The maximum Gasteiger partial charge on any atom is 0.269 e. The van der Waals surface area contributed by atoms with E-state index in [0.29, 0.717) is 36.8 Å². The Balaban J connectivity index is 1.55. The van der Waals surface area contributed by atoms with Crippen LogP contribution in [0.15, 0.2) is 53.1 Å². The van der Waals surface area contributed by atoms with Crippen molar-refractivity contribution >= 4 is 11.6 Å². The van der Waals surface area contributed by atoms with E-state index >= 15 is 0 Å². The monoisotopic (exact) mass is 393 g/mol. The van der Waals surface area contributed by atoms with Crippen molar-refractivity contribution in [1.82, 2.24) is 20.4 Å². The molecule has 0 saturated heterocycles. The van der Waals surface area contributed by atoms with Gasteiger partial charge in [0, 0.05) is 31.3 Å². The molecule has 3 aromatic rings. The van der Waals surface area contributed by atoms with Crippen LogP contribution in [0.5, 0.6) is 0 Å². The van der Waals surface area contributed by atoms with E-state index in [1.165, 1.54) is 17.7 Å². The van der Waals surface area contributed by atoms with E-state index in [1.54, 1.807) is 19.2 Å². The lowest BCUT2D eigenvalue weighted by Crippen LogP contribution is -2.49. The van der Waals surface area contributed by atoms with Gasteiger partial charge in [0.05, 0.1) is 17.5 Å². The zero-order valence-corrected chi connectivity index (χ0v) is 15.7. The van der Waals surface area contributed by atoms with Gasteiger partial charge in [0.2, 0.25) is 17.6 Å². The lowest BCUT2D eigenvalue weighted by molar-refractivity contribution is -0.384. The van der Waals surface area contributed by atoms with E-state index in [0.717, 1.165) is 5.56 Å². The summed E-state index contributed by atoms with van der Waals surface area (Å²) in [5, 5.41) is 17.5. The first-order chi connectivity index (χ1) is 14.0. The largest absolute Gasteiger partial charge is 0.358 e. The lowest BCUT2D eigenvalue weighted by Gasteiger charge is -2.34. The molecule has 0 unspecified atom stereocenters. The predicted molar refractivity (Wildman–Crippen MR) is 104 cm³/mol. The van der Waals surface area contributed by atoms with Crippen LogP contribution < -0.4 is 5.32 Å². The molecule has 4 rings (SSSR count). The number of likely N-dealkylation sites (N-methyl/N-ethyl adjacent to an activating group) is 1. The fraction of sp³-hybridized carbons (Fsp3) is 0.250. The van der Waals surface area contributed by atoms with Crippen molar-refractivity contribution in [2.75, 3.05) is 7.05 Å². The number of nitrogens with one attached hydrogen (secondary N) is 1. The summed E-state index contributed by atoms with van der Waals surface area (Å²) in [6.45, 7) is 0.926. The summed E-state index contributed by atoms with van der Waals surface area (Å²) < 4.78 is 5.38. The summed E-state index contributed by atoms with van der Waals surface area (Å²) in [7, 11) is 1.63. The van der Waals surface area contributed by atoms with Crippen LogP contribution in [-0.2, 0) is 24.3 Å². The first-order valence-corrected chi connectivity index (χ1v) is 9.15. The van der Waals surface area contributed by atoms with Crippen molar-refractivity contribution in [2.24, 2.45) is 0 Å². The normalized spacial score (nSPS) is 16.2. The van der Waals surface area contributed by atoms with Crippen LogP contribution in [0.1, 0.15) is 17.0 Å². The molecule has 0 fully saturated rings. The second kappa shape index (κ2) is 7.80. The Morgan fingerprint density at radius 3 is 2.66 bits per heavy atom. The molecule has 1 aliphatic rings. The number of nitro groups is 1. The van der Waals surface area contributed by atoms with Gasteiger partial charge in [-0.1, -0.05) is 29.4 Å². The zero-order chi connectivity index (χ0) is 20.4. The molecule has 1 aliphatic heterocycles. The van der Waals surface area contributed by atoms with Crippen LogP contribution in [0.25, 0.3) is 11.4 Å². The zero-order valence-electron chi connectivity index (χ0n) is 15.7. The molecule has 1 N–H and O–H groups in total. The van der Waals surface area contributed by atoms with Crippen LogP contribution in [0.2, 0.25) is 0 Å². The van der Waals surface area contributed by atoms with Gasteiger partial charge in [0.1, 0.15) is 0 Å². The van der Waals surface area contributed by atoms with Gasteiger partial charge >= 0.3 is 0 Å². The first-order valence-electron chi connectivity index (χ1n) is 9.15. The van der Waals surface area contributed by atoms with E-state index < -0.39 is 4.92 Å². The van der Waals surface area contributed by atoms with E-state index in [4.69, 9.17) is 4.52 Å². The molecule has 9 heteroatoms. The van der Waals surface area contributed by atoms with Crippen LogP contribution in [0.3, 0.4) is 0 Å². The topological polar surface area (TPSA) is 114 Å². The maximum absolute atomic E-state index is 12.4. The average molecular weight is 393 g/mol. The number of fused-ring (bicyclic) bond motifs is 1. The number of nitrogens with zero attached hydrogens (tertiary/aromatic N) is 4. The molecule has 1 aromatic heterocycles. The van der Waals surface area contributed by atoms with E-state index in [9.17, 15) is 14.9 Å². The van der Waals surface area contributed by atoms with Crippen LogP contribution in [-0.4, -0.2) is 39.0 Å². The molecule has 2 heterocycles. The van der Waals surface area contributed by atoms with Crippen LogP contribution >= 0.6 is 0 Å². The molecule has 1 amide bonds. The van der Waals surface area contributed by atoms with Crippen molar-refractivity contribution in [3.63, 3.8) is 0 Å². The van der Waals surface area contributed by atoms with Crippen LogP contribution in [0.4, 0.5) is 5.69 Å². The number of carbonyl (C=O) groups is 1. The highest BCUT2D eigenvalue weighted by atomic mass is 16.6. The number of benzene rings is 2. The molecule has 0 bridgehead atoms. The van der Waals surface area contributed by atoms with Gasteiger partial charge in [0.15, 0.2) is 0 Å². The molecule has 9 nitrogen and oxygen atoms in total. The van der Waals surface area contributed by atoms with E-state index in [2.05, 4.69) is 21.5 Å². The standard InChI is InChI=1S/C20H19N5O4/c1-21-20(26)17-10-14-4-2-3-5-15(14)11-24(17)12-18-22-19(23-29-18)13-6-8-16(9-7-13)25(27)28/h2-9,17H,10-12H2,1H3,(H,21,26)/t17-/m1/s1. The van der Waals surface area contributed by atoms with Crippen molar-refractivity contribution in [3.05, 3.63) is 75.7 Å². The Morgan fingerprint density at radius 2 is 1.97 bits per heavy atom. The SMILES string of the molecule is CNC(=O)[C@H]1Cc2ccccc2CN1Cc1nc(-c2ccc([N+](=O)[O-])cc2)no1. The number of rotatable bonds is 5. The third-order valence-electron chi connectivity index (χ3n) is 5.04. The fourth-order valence-corrected chi connectivity index (χ4v) is 3.51. The molecule has 0 aliphatic carbocycles. The Bertz CT molecular complexity index is 1050. The summed E-state index contributed by atoms with van der Waals surface area (Å²) in [5.74, 6) is 0.671. The number of carbonyl (C=O) groups excluding carboxylic acids is 1. The van der Waals surface area contributed by atoms with E-state index in [-0.39, 0.29) is 17.6 Å². The molecule has 29 heavy (non-hydrogen) atoms. The minimum atomic E-state index is -0.460. The van der Waals surface area contributed by atoms with Gasteiger partial charge in [-0.15, -0.1) is 0 Å². The molecule has 0 saturated carbocycles. The molecule has 148 valence electrons. The smallest absolute Gasteiger partial charge is 0.269 e. The Hall–Kier alpha value is -3.59. The second-order valence-electron chi connectivity index (χ2n) is 6.82. The van der Waals surface area contributed by atoms with Gasteiger partial charge < -0.3 is 9.84 Å². The van der Waals surface area contributed by atoms with Gasteiger partial charge in [-0.3, -0.25) is 19.8 Å². The van der Waals surface area contributed by atoms with Gasteiger partial charge in [-0.05, 0) is 29.7 Å². The van der Waals surface area contributed by atoms with Gasteiger partial charge in [-0.25, -0.2) is 0 Å². The van der Waals surface area contributed by atoms with Gasteiger partial charge in [-0.2, -0.15) is 4.98 Å². The number of hydrogen-bond acceptors (Lipinski definition) is 7. The summed E-state index contributed by atoms with van der Waals surface area (Å²) in [4.78, 5) is 29.2. The van der Waals surface area contributed by atoms with E-state index in [1.807, 2.05) is 23.1 Å². The minimum absolute atomic E-state index is 0.00197. The third kappa shape index (κ3) is 3.85. The predicted octanol–water partition coefficient (Wildman–Crippen LogP) is 2.32. The Labute approximate surface area is 166 Å². The number of amides is 1.